The fraction of sp³-hybridized carbons (Fsp3) is 0.417. The van der Waals surface area contributed by atoms with Crippen molar-refractivity contribution in [1.29, 1.82) is 0 Å². The van der Waals surface area contributed by atoms with Gasteiger partial charge in [-0.25, -0.2) is 4.79 Å². The van der Waals surface area contributed by atoms with Crippen molar-refractivity contribution in [2.75, 3.05) is 23.8 Å². The molecule has 17 heavy (non-hydrogen) atoms. The number of nitrogens with two attached hydrogens (primary N) is 1. The smallest absolute Gasteiger partial charge is 0.316 e. The monoisotopic (exact) mass is 235 g/mol. The maximum Gasteiger partial charge on any atom is 0.316 e. The van der Waals surface area contributed by atoms with E-state index in [4.69, 9.17) is 10.5 Å². The Kier molecular flexibility index (Phi) is 3.82. The number of amides is 2. The molecule has 2 rings (SSSR count). The quantitative estimate of drug-likeness (QED) is 0.747. The molecule has 1 aliphatic heterocycles. The van der Waals surface area contributed by atoms with E-state index in [1.54, 1.807) is 6.07 Å². The number of ether oxygens (including phenoxy) is 1. The zero-order valence-electron chi connectivity index (χ0n) is 9.61. The Labute approximate surface area is 100 Å². The molecule has 0 aromatic heterocycles. The second kappa shape index (κ2) is 5.54. The number of carbonyl (C=O) groups excluding carboxylic acids is 1. The van der Waals surface area contributed by atoms with Crippen LogP contribution in [0.3, 0.4) is 0 Å². The third kappa shape index (κ3) is 3.64. The van der Waals surface area contributed by atoms with Gasteiger partial charge in [0, 0.05) is 30.6 Å². The van der Waals surface area contributed by atoms with Gasteiger partial charge in [0.15, 0.2) is 0 Å². The number of hydrogen-bond acceptors (Lipinski definition) is 3. The fourth-order valence-electron chi connectivity index (χ4n) is 1.91. The van der Waals surface area contributed by atoms with E-state index in [9.17, 15) is 4.79 Å². The number of nitrogens with one attached hydrogen (secondary N) is 2. The lowest BCUT2D eigenvalue weighted by Gasteiger charge is -2.24. The molecule has 0 spiro atoms. The molecule has 0 bridgehead atoms. The number of primary amides is 1. The highest BCUT2D eigenvalue weighted by Crippen LogP contribution is 2.18. The molecule has 0 aliphatic carbocycles. The van der Waals surface area contributed by atoms with Gasteiger partial charge in [0.1, 0.15) is 0 Å². The van der Waals surface area contributed by atoms with E-state index in [0.29, 0.717) is 11.7 Å². The first-order chi connectivity index (χ1) is 8.24. The van der Waals surface area contributed by atoms with Crippen LogP contribution in [-0.4, -0.2) is 25.3 Å². The van der Waals surface area contributed by atoms with Gasteiger partial charge < -0.3 is 21.1 Å². The van der Waals surface area contributed by atoms with Crippen molar-refractivity contribution in [3.8, 4) is 0 Å². The Morgan fingerprint density at radius 3 is 2.71 bits per heavy atom. The van der Waals surface area contributed by atoms with Gasteiger partial charge in [0.2, 0.25) is 0 Å². The maximum atomic E-state index is 10.7. The first-order valence-electron chi connectivity index (χ1n) is 5.75. The van der Waals surface area contributed by atoms with Crippen molar-refractivity contribution in [3.63, 3.8) is 0 Å². The van der Waals surface area contributed by atoms with Gasteiger partial charge in [-0.15, -0.1) is 0 Å². The molecule has 1 aromatic rings. The molecule has 1 heterocycles. The highest BCUT2D eigenvalue weighted by Gasteiger charge is 2.13. The Hall–Kier alpha value is -1.75. The van der Waals surface area contributed by atoms with E-state index in [2.05, 4.69) is 10.6 Å². The van der Waals surface area contributed by atoms with Crippen molar-refractivity contribution in [2.24, 2.45) is 5.73 Å². The summed E-state index contributed by atoms with van der Waals surface area (Å²) < 4.78 is 5.30. The van der Waals surface area contributed by atoms with Gasteiger partial charge in [-0.1, -0.05) is 6.07 Å². The highest BCUT2D eigenvalue weighted by molar-refractivity contribution is 5.88. The Morgan fingerprint density at radius 2 is 2.00 bits per heavy atom. The number of benzene rings is 1. The molecule has 0 radical (unpaired) electrons. The summed E-state index contributed by atoms with van der Waals surface area (Å²) in [6.45, 7) is 1.60. The summed E-state index contributed by atoms with van der Waals surface area (Å²) in [5.74, 6) is 0. The number of urea groups is 1. The number of carbonyl (C=O) groups is 1. The lowest BCUT2D eigenvalue weighted by atomic mass is 10.1. The molecule has 0 unspecified atom stereocenters. The van der Waals surface area contributed by atoms with E-state index >= 15 is 0 Å². The number of anilines is 2. The maximum absolute atomic E-state index is 10.7. The highest BCUT2D eigenvalue weighted by atomic mass is 16.5. The van der Waals surface area contributed by atoms with E-state index in [1.807, 2.05) is 18.2 Å². The molecule has 0 saturated carbocycles. The molecule has 5 nitrogen and oxygen atoms in total. The summed E-state index contributed by atoms with van der Waals surface area (Å²) in [6, 6.07) is 7.43. The van der Waals surface area contributed by atoms with Gasteiger partial charge in [-0.2, -0.15) is 0 Å². The molecular formula is C12H17N3O2. The summed E-state index contributed by atoms with van der Waals surface area (Å²) in [7, 11) is 0. The topological polar surface area (TPSA) is 76.4 Å². The third-order valence-corrected chi connectivity index (χ3v) is 2.72. The zero-order valence-corrected chi connectivity index (χ0v) is 9.61. The van der Waals surface area contributed by atoms with Crippen LogP contribution in [0, 0.1) is 0 Å². The van der Waals surface area contributed by atoms with Crippen molar-refractivity contribution in [2.45, 2.75) is 18.9 Å². The summed E-state index contributed by atoms with van der Waals surface area (Å²) in [6.07, 6.45) is 2.01. The van der Waals surface area contributed by atoms with Crippen molar-refractivity contribution in [1.82, 2.24) is 0 Å². The van der Waals surface area contributed by atoms with Crippen LogP contribution in [0.25, 0.3) is 0 Å². The van der Waals surface area contributed by atoms with Crippen LogP contribution in [0.4, 0.5) is 16.2 Å². The first kappa shape index (κ1) is 11.7. The van der Waals surface area contributed by atoms with E-state index in [1.165, 1.54) is 0 Å². The van der Waals surface area contributed by atoms with Crippen LogP contribution in [0.1, 0.15) is 12.8 Å². The van der Waals surface area contributed by atoms with Crippen LogP contribution in [0.5, 0.6) is 0 Å². The van der Waals surface area contributed by atoms with E-state index in [0.717, 1.165) is 31.7 Å². The molecule has 4 N–H and O–H groups in total. The standard InChI is InChI=1S/C12H17N3O2/c13-12(16)15-11-3-1-2-10(8-11)14-9-4-6-17-7-5-9/h1-3,8-9,14H,4-7H2,(H3,13,15,16). The summed E-state index contributed by atoms with van der Waals surface area (Å²) >= 11 is 0. The summed E-state index contributed by atoms with van der Waals surface area (Å²) in [5, 5.41) is 5.98. The van der Waals surface area contributed by atoms with Crippen LogP contribution < -0.4 is 16.4 Å². The predicted octanol–water partition coefficient (Wildman–Crippen LogP) is 1.77. The average molecular weight is 235 g/mol. The molecule has 1 aliphatic rings. The summed E-state index contributed by atoms with van der Waals surface area (Å²) in [5.41, 5.74) is 6.76. The Morgan fingerprint density at radius 1 is 1.29 bits per heavy atom. The molecule has 2 amide bonds. The van der Waals surface area contributed by atoms with Crippen LogP contribution in [0.15, 0.2) is 24.3 Å². The largest absolute Gasteiger partial charge is 0.382 e. The van der Waals surface area contributed by atoms with Gasteiger partial charge in [0.05, 0.1) is 0 Å². The second-order valence-electron chi connectivity index (χ2n) is 4.10. The number of hydrogen-bond donors (Lipinski definition) is 3. The van der Waals surface area contributed by atoms with Gasteiger partial charge in [-0.05, 0) is 31.0 Å². The van der Waals surface area contributed by atoms with Crippen molar-refractivity contribution in [3.05, 3.63) is 24.3 Å². The minimum atomic E-state index is -0.548. The predicted molar refractivity (Wildman–Crippen MR) is 67.1 cm³/mol. The van der Waals surface area contributed by atoms with Crippen LogP contribution >= 0.6 is 0 Å². The Bertz CT molecular complexity index is 389. The molecule has 5 heteroatoms. The van der Waals surface area contributed by atoms with Gasteiger partial charge in [0.25, 0.3) is 0 Å². The SMILES string of the molecule is NC(=O)Nc1cccc(NC2CCOCC2)c1. The lowest BCUT2D eigenvalue weighted by molar-refractivity contribution is 0.0904. The third-order valence-electron chi connectivity index (χ3n) is 2.72. The lowest BCUT2D eigenvalue weighted by Crippen LogP contribution is -2.27. The fourth-order valence-corrected chi connectivity index (χ4v) is 1.91. The van der Waals surface area contributed by atoms with E-state index < -0.39 is 6.03 Å². The van der Waals surface area contributed by atoms with Gasteiger partial charge in [-0.3, -0.25) is 0 Å². The summed E-state index contributed by atoms with van der Waals surface area (Å²) in [4.78, 5) is 10.7. The minimum Gasteiger partial charge on any atom is -0.382 e. The first-order valence-corrected chi connectivity index (χ1v) is 5.75. The molecule has 1 aromatic carbocycles. The van der Waals surface area contributed by atoms with Crippen molar-refractivity contribution >= 4 is 17.4 Å². The normalized spacial score (nSPS) is 16.5. The average Bonchev–Trinajstić information content (AvgIpc) is 2.30. The molecular weight excluding hydrogens is 218 g/mol. The molecule has 0 atom stereocenters. The van der Waals surface area contributed by atoms with E-state index in [-0.39, 0.29) is 0 Å². The molecule has 1 saturated heterocycles. The number of rotatable bonds is 3. The Balaban J connectivity index is 1.97. The van der Waals surface area contributed by atoms with Crippen LogP contribution in [0.2, 0.25) is 0 Å². The zero-order chi connectivity index (χ0) is 12.1. The van der Waals surface area contributed by atoms with Crippen molar-refractivity contribution < 1.29 is 9.53 Å². The second-order valence-corrected chi connectivity index (χ2v) is 4.10. The molecule has 1 fully saturated rings. The molecule has 92 valence electrons. The van der Waals surface area contributed by atoms with Crippen LogP contribution in [-0.2, 0) is 4.74 Å². The minimum absolute atomic E-state index is 0.438. The van der Waals surface area contributed by atoms with Gasteiger partial charge >= 0.3 is 6.03 Å².